The number of nitrogens with zero attached hydrogens (tertiary/aromatic N) is 3. The van der Waals surface area contributed by atoms with Gasteiger partial charge in [-0.1, -0.05) is 30.3 Å². The normalized spacial score (nSPS) is 17.3. The largest absolute Gasteiger partial charge is 0.372 e. The number of aryl methyl sites for hydroxylation is 1. The fourth-order valence-corrected chi connectivity index (χ4v) is 4.18. The van der Waals surface area contributed by atoms with Crippen molar-refractivity contribution in [3.8, 4) is 0 Å². The van der Waals surface area contributed by atoms with E-state index < -0.39 is 36.3 Å². The predicted octanol–water partition coefficient (Wildman–Crippen LogP) is 3.09. The number of hydrogen-bond acceptors (Lipinski definition) is 5. The lowest BCUT2D eigenvalue weighted by Gasteiger charge is -2.22. The Morgan fingerprint density at radius 1 is 1.00 bits per heavy atom. The third-order valence-electron chi connectivity index (χ3n) is 6.01. The van der Waals surface area contributed by atoms with E-state index in [2.05, 4.69) is 10.2 Å². The first kappa shape index (κ1) is 21.5. The Bertz CT molecular complexity index is 1060. The quantitative estimate of drug-likeness (QED) is 0.557. The van der Waals surface area contributed by atoms with Crippen molar-refractivity contribution in [2.45, 2.75) is 32.7 Å². The maximum atomic E-state index is 12.8. The first-order valence-corrected chi connectivity index (χ1v) is 10.8. The lowest BCUT2D eigenvalue weighted by Crippen LogP contribution is -2.39. The van der Waals surface area contributed by atoms with Gasteiger partial charge in [0.25, 0.3) is 0 Å². The molecule has 2 fully saturated rings. The summed E-state index contributed by atoms with van der Waals surface area (Å²) in [5.41, 5.74) is 3.33. The van der Waals surface area contributed by atoms with Crippen molar-refractivity contribution < 1.29 is 19.2 Å². The predicted molar refractivity (Wildman–Crippen MR) is 120 cm³/mol. The monoisotopic (exact) mass is 434 g/mol. The van der Waals surface area contributed by atoms with Crippen LogP contribution in [0.25, 0.3) is 0 Å². The van der Waals surface area contributed by atoms with Crippen LogP contribution in [-0.2, 0) is 14.4 Å². The van der Waals surface area contributed by atoms with E-state index in [9.17, 15) is 19.2 Å². The molecule has 0 saturated carbocycles. The van der Waals surface area contributed by atoms with Crippen LogP contribution in [0.1, 0.15) is 36.9 Å². The first-order chi connectivity index (χ1) is 15.4. The molecule has 1 unspecified atom stereocenters. The Labute approximate surface area is 186 Å². The minimum absolute atomic E-state index is 0.519. The second kappa shape index (κ2) is 8.82. The minimum atomic E-state index is -0.992. The summed E-state index contributed by atoms with van der Waals surface area (Å²) in [4.78, 5) is 54.2. The first-order valence-electron chi connectivity index (χ1n) is 10.8. The Morgan fingerprint density at radius 2 is 1.69 bits per heavy atom. The molecule has 0 spiro atoms. The number of rotatable bonds is 6. The highest BCUT2D eigenvalue weighted by Gasteiger charge is 2.47. The third-order valence-corrected chi connectivity index (χ3v) is 6.01. The molecule has 5 amide bonds. The second-order valence-corrected chi connectivity index (χ2v) is 8.18. The van der Waals surface area contributed by atoms with Gasteiger partial charge in [-0.25, -0.2) is 14.6 Å². The number of anilines is 2. The van der Waals surface area contributed by atoms with E-state index in [4.69, 9.17) is 0 Å². The molecule has 4 rings (SSSR count). The molecule has 2 aliphatic heterocycles. The van der Waals surface area contributed by atoms with Crippen LogP contribution in [0.5, 0.6) is 0 Å². The molecule has 166 valence electrons. The molecule has 32 heavy (non-hydrogen) atoms. The molecule has 2 aromatic rings. The van der Waals surface area contributed by atoms with Crippen LogP contribution in [0.4, 0.5) is 16.2 Å². The third kappa shape index (κ3) is 4.08. The van der Waals surface area contributed by atoms with E-state index in [-0.39, 0.29) is 0 Å². The van der Waals surface area contributed by atoms with Gasteiger partial charge in [-0.05, 0) is 56.0 Å². The molecule has 2 saturated heterocycles. The van der Waals surface area contributed by atoms with E-state index in [1.54, 1.807) is 31.2 Å². The zero-order valence-corrected chi connectivity index (χ0v) is 18.2. The number of benzene rings is 2. The van der Waals surface area contributed by atoms with Gasteiger partial charge in [0, 0.05) is 24.5 Å². The Balaban J connectivity index is 1.43. The molecule has 2 aliphatic rings. The smallest absolute Gasteiger partial charge is 0.335 e. The number of carbonyl (C=O) groups is 4. The minimum Gasteiger partial charge on any atom is -0.372 e. The van der Waals surface area contributed by atoms with Gasteiger partial charge in [-0.2, -0.15) is 0 Å². The zero-order valence-electron chi connectivity index (χ0n) is 18.2. The molecular weight excluding hydrogens is 408 g/mol. The second-order valence-electron chi connectivity index (χ2n) is 8.18. The summed E-state index contributed by atoms with van der Waals surface area (Å²) in [6, 6.07) is 13.4. The summed E-state index contributed by atoms with van der Waals surface area (Å²) in [7, 11) is 0. The van der Waals surface area contributed by atoms with Gasteiger partial charge in [-0.3, -0.25) is 14.4 Å². The number of hydrogen-bond donors (Lipinski definition) is 1. The summed E-state index contributed by atoms with van der Waals surface area (Å²) in [6.45, 7) is 5.10. The van der Waals surface area contributed by atoms with Gasteiger partial charge in [-0.15, -0.1) is 0 Å². The number of carbonyl (C=O) groups excluding carboxylic acids is 4. The average Bonchev–Trinajstić information content (AvgIpc) is 3.39. The Hall–Kier alpha value is -3.68. The molecule has 0 aromatic heterocycles. The summed E-state index contributed by atoms with van der Waals surface area (Å²) < 4.78 is 0. The fraction of sp³-hybridized carbons (Fsp3) is 0.333. The van der Waals surface area contributed by atoms with Crippen LogP contribution in [-0.4, -0.2) is 53.2 Å². The molecule has 8 heteroatoms. The molecular formula is C24H26N4O4. The maximum absolute atomic E-state index is 12.8. The van der Waals surface area contributed by atoms with Gasteiger partial charge < -0.3 is 10.2 Å². The van der Waals surface area contributed by atoms with Crippen LogP contribution in [0.2, 0.25) is 0 Å². The van der Waals surface area contributed by atoms with Crippen molar-refractivity contribution in [1.29, 1.82) is 0 Å². The number of amides is 5. The van der Waals surface area contributed by atoms with Crippen LogP contribution < -0.4 is 10.2 Å². The highest BCUT2D eigenvalue weighted by Crippen LogP contribution is 2.27. The lowest BCUT2D eigenvalue weighted by atomic mass is 10.1. The van der Waals surface area contributed by atoms with Crippen molar-refractivity contribution in [3.63, 3.8) is 0 Å². The molecule has 0 bridgehead atoms. The summed E-state index contributed by atoms with van der Waals surface area (Å²) in [6.07, 6.45) is 2.35. The summed E-state index contributed by atoms with van der Waals surface area (Å²) in [5.74, 6) is -2.45. The van der Waals surface area contributed by atoms with Gasteiger partial charge in [0.15, 0.2) is 0 Å². The molecule has 2 aromatic carbocycles. The Kier molecular flexibility index (Phi) is 5.94. The number of urea groups is 1. The van der Waals surface area contributed by atoms with Gasteiger partial charge >= 0.3 is 17.8 Å². The van der Waals surface area contributed by atoms with Crippen molar-refractivity contribution in [2.24, 2.45) is 0 Å². The highest BCUT2D eigenvalue weighted by atomic mass is 16.2. The van der Waals surface area contributed by atoms with E-state index in [0.717, 1.165) is 34.8 Å². The van der Waals surface area contributed by atoms with Gasteiger partial charge in [0.05, 0.1) is 6.04 Å². The average molecular weight is 434 g/mol. The lowest BCUT2D eigenvalue weighted by molar-refractivity contribution is -0.144. The molecule has 8 nitrogen and oxygen atoms in total. The van der Waals surface area contributed by atoms with Crippen LogP contribution in [0.15, 0.2) is 48.5 Å². The van der Waals surface area contributed by atoms with Crippen LogP contribution in [0, 0.1) is 6.92 Å². The zero-order chi connectivity index (χ0) is 22.8. The highest BCUT2D eigenvalue weighted by molar-refractivity contribution is 6.45. The van der Waals surface area contributed by atoms with E-state index >= 15 is 0 Å². The number of nitrogens with one attached hydrogen (secondary N) is 1. The van der Waals surface area contributed by atoms with Gasteiger partial charge in [0.2, 0.25) is 5.91 Å². The molecule has 0 radical (unpaired) electrons. The van der Waals surface area contributed by atoms with Crippen molar-refractivity contribution in [2.75, 3.05) is 29.9 Å². The standard InChI is InChI=1S/C24H26N4O4/c1-16-14-19(26-12-6-7-13-26)10-11-20(16)25-21(29)15-27-22(30)23(31)28(24(27)32)17(2)18-8-4-3-5-9-18/h3-5,8-11,14,17H,6-7,12-13,15H2,1-2H3,(H,25,29). The van der Waals surface area contributed by atoms with Crippen LogP contribution in [0.3, 0.4) is 0 Å². The van der Waals surface area contributed by atoms with Gasteiger partial charge in [0.1, 0.15) is 6.54 Å². The molecule has 1 atom stereocenters. The SMILES string of the molecule is Cc1cc(N2CCCC2)ccc1NC(=O)CN1C(=O)C(=O)N(C(C)c2ccccc2)C1=O. The molecule has 0 aliphatic carbocycles. The Morgan fingerprint density at radius 3 is 2.34 bits per heavy atom. The van der Waals surface area contributed by atoms with E-state index in [1.165, 1.54) is 12.8 Å². The van der Waals surface area contributed by atoms with E-state index in [0.29, 0.717) is 10.6 Å². The van der Waals surface area contributed by atoms with Crippen molar-refractivity contribution >= 4 is 35.1 Å². The summed E-state index contributed by atoms with van der Waals surface area (Å²) >= 11 is 0. The van der Waals surface area contributed by atoms with E-state index in [1.807, 2.05) is 31.2 Å². The molecule has 1 N–H and O–H groups in total. The topological polar surface area (TPSA) is 90.0 Å². The maximum Gasteiger partial charge on any atom is 0.335 e. The summed E-state index contributed by atoms with van der Waals surface area (Å²) in [5, 5.41) is 2.75. The van der Waals surface area contributed by atoms with Crippen molar-refractivity contribution in [1.82, 2.24) is 9.80 Å². The van der Waals surface area contributed by atoms with Crippen molar-refractivity contribution in [3.05, 3.63) is 59.7 Å². The molecule has 2 heterocycles. The number of imide groups is 2. The fourth-order valence-electron chi connectivity index (χ4n) is 4.18. The van der Waals surface area contributed by atoms with Crippen LogP contribution >= 0.6 is 0 Å².